The summed E-state index contributed by atoms with van der Waals surface area (Å²) in [6.07, 6.45) is 4.13. The molecule has 0 spiro atoms. The molecule has 0 unspecified atom stereocenters. The Morgan fingerprint density at radius 1 is 1.28 bits per heavy atom. The summed E-state index contributed by atoms with van der Waals surface area (Å²) < 4.78 is 1.19. The average molecular weight is 486 g/mol. The van der Waals surface area contributed by atoms with E-state index in [4.69, 9.17) is 0 Å². The molecule has 2 heterocycles. The van der Waals surface area contributed by atoms with Gasteiger partial charge in [0.15, 0.2) is 0 Å². The van der Waals surface area contributed by atoms with E-state index in [1.807, 2.05) is 12.1 Å². The number of carbonyl (C=O) groups is 1. The fourth-order valence-corrected chi connectivity index (χ4v) is 6.24. The summed E-state index contributed by atoms with van der Waals surface area (Å²) in [5, 5.41) is 17.4. The summed E-state index contributed by atoms with van der Waals surface area (Å²) in [6, 6.07) is 3.65. The maximum atomic E-state index is 12.8. The third-order valence-electron chi connectivity index (χ3n) is 5.10. The molecule has 2 aliphatic rings. The lowest BCUT2D eigenvalue weighted by atomic mass is 9.85. The van der Waals surface area contributed by atoms with Crippen LogP contribution in [0.3, 0.4) is 0 Å². The highest BCUT2D eigenvalue weighted by Gasteiger charge is 2.33. The summed E-state index contributed by atoms with van der Waals surface area (Å²) in [4.78, 5) is 14.1. The van der Waals surface area contributed by atoms with Crippen molar-refractivity contribution in [2.75, 3.05) is 5.32 Å². The molecule has 1 aromatic carbocycles. The molecule has 1 aromatic heterocycles. The second-order valence-electron chi connectivity index (χ2n) is 6.61. The Balaban J connectivity index is 1.68. The van der Waals surface area contributed by atoms with Gasteiger partial charge < -0.3 is 15.7 Å². The van der Waals surface area contributed by atoms with Gasteiger partial charge in [-0.1, -0.05) is 13.3 Å². The zero-order valence-corrected chi connectivity index (χ0v) is 17.6. The normalized spacial score (nSPS) is 22.0. The van der Waals surface area contributed by atoms with Crippen molar-refractivity contribution in [2.45, 2.75) is 38.8 Å². The summed E-state index contributed by atoms with van der Waals surface area (Å²) in [6.45, 7) is 2.24. The van der Waals surface area contributed by atoms with E-state index in [1.165, 1.54) is 23.3 Å². The van der Waals surface area contributed by atoms with E-state index in [-0.39, 0.29) is 17.8 Å². The van der Waals surface area contributed by atoms with Crippen LogP contribution in [0.25, 0.3) is 0 Å². The van der Waals surface area contributed by atoms with Gasteiger partial charge in [0.25, 0.3) is 5.91 Å². The summed E-state index contributed by atoms with van der Waals surface area (Å²) >= 11 is 8.43. The van der Waals surface area contributed by atoms with Crippen molar-refractivity contribution < 1.29 is 9.90 Å². The Hall–Kier alpha value is -1.05. The fourth-order valence-electron chi connectivity index (χ4n) is 3.63. The maximum Gasteiger partial charge on any atom is 0.256 e. The van der Waals surface area contributed by atoms with Crippen molar-refractivity contribution in [3.63, 3.8) is 0 Å². The molecule has 4 nitrogen and oxygen atoms in total. The highest BCUT2D eigenvalue weighted by molar-refractivity contribution is 9.11. The number of anilines is 1. The Bertz CT molecular complexity index is 842. The molecule has 1 aliphatic carbocycles. The van der Waals surface area contributed by atoms with Crippen LogP contribution in [-0.4, -0.2) is 11.0 Å². The van der Waals surface area contributed by atoms with Gasteiger partial charge in [0.05, 0.1) is 14.5 Å². The van der Waals surface area contributed by atoms with Crippen LogP contribution in [0.2, 0.25) is 0 Å². The molecule has 7 heteroatoms. The molecular formula is C18H18Br2N2O2S. The highest BCUT2D eigenvalue weighted by atomic mass is 79.9. The minimum atomic E-state index is -0.310. The Morgan fingerprint density at radius 3 is 2.68 bits per heavy atom. The van der Waals surface area contributed by atoms with Crippen LogP contribution >= 0.6 is 43.2 Å². The average Bonchev–Trinajstić information content (AvgIpc) is 2.96. The molecular weight excluding hydrogens is 468 g/mol. The predicted octanol–water partition coefficient (Wildman–Crippen LogP) is 5.35. The molecule has 1 amide bonds. The molecule has 2 aromatic rings. The molecule has 0 saturated carbocycles. The number of hydrogen-bond acceptors (Lipinski definition) is 4. The number of rotatable bonds is 2. The molecule has 3 N–H and O–H groups in total. The Kier molecular flexibility index (Phi) is 4.58. The fraction of sp³-hybridized carbons (Fsp3) is 0.389. The molecule has 2 atom stereocenters. The maximum absolute atomic E-state index is 12.8. The third-order valence-corrected chi connectivity index (χ3v) is 7.49. The van der Waals surface area contributed by atoms with Crippen molar-refractivity contribution >= 4 is 54.1 Å². The van der Waals surface area contributed by atoms with Crippen molar-refractivity contribution in [1.29, 1.82) is 0 Å². The van der Waals surface area contributed by atoms with Crippen molar-refractivity contribution in [3.05, 3.63) is 42.6 Å². The number of benzene rings is 1. The lowest BCUT2D eigenvalue weighted by Gasteiger charge is -2.27. The third kappa shape index (κ3) is 3.00. The van der Waals surface area contributed by atoms with E-state index in [9.17, 15) is 9.90 Å². The quantitative estimate of drug-likeness (QED) is 0.537. The van der Waals surface area contributed by atoms with Crippen LogP contribution in [0.15, 0.2) is 21.1 Å². The van der Waals surface area contributed by atoms with E-state index < -0.39 is 0 Å². The molecule has 4 rings (SSSR count). The first-order chi connectivity index (χ1) is 12.0. The minimum absolute atomic E-state index is 0.00785. The number of amides is 1. The van der Waals surface area contributed by atoms with Crippen molar-refractivity contribution in [3.8, 4) is 5.75 Å². The zero-order valence-electron chi connectivity index (χ0n) is 13.7. The van der Waals surface area contributed by atoms with Gasteiger partial charge in [-0.15, -0.1) is 11.3 Å². The van der Waals surface area contributed by atoms with Crippen LogP contribution in [0, 0.1) is 5.92 Å². The van der Waals surface area contributed by atoms with Crippen LogP contribution in [0.5, 0.6) is 5.75 Å². The number of nitrogens with one attached hydrogen (secondary N) is 2. The Labute approximate surface area is 167 Å². The zero-order chi connectivity index (χ0) is 17.7. The number of phenolic OH excluding ortho intramolecular Hbond substituents is 1. The highest BCUT2D eigenvalue weighted by Crippen LogP contribution is 2.44. The molecule has 25 heavy (non-hydrogen) atoms. The van der Waals surface area contributed by atoms with Gasteiger partial charge in [-0.25, -0.2) is 0 Å². The van der Waals surface area contributed by atoms with E-state index in [1.54, 1.807) is 11.3 Å². The second-order valence-corrected chi connectivity index (χ2v) is 9.42. The summed E-state index contributed by atoms with van der Waals surface area (Å²) in [5.74, 6) is 0.880. The van der Waals surface area contributed by atoms with Gasteiger partial charge in [-0.05, 0) is 80.3 Å². The van der Waals surface area contributed by atoms with Gasteiger partial charge in [0.2, 0.25) is 0 Å². The van der Waals surface area contributed by atoms with Crippen molar-refractivity contribution in [1.82, 2.24) is 5.32 Å². The SMILES string of the molecule is CC[C@@H]1CCc2c(sc3c2C(=O)N[C@H](c2cc(Br)c(O)c(Br)c2)N3)C1. The summed E-state index contributed by atoms with van der Waals surface area (Å²) in [5.41, 5.74) is 2.96. The van der Waals surface area contributed by atoms with Crippen LogP contribution in [0.1, 0.15) is 52.3 Å². The topological polar surface area (TPSA) is 61.4 Å². The smallest absolute Gasteiger partial charge is 0.256 e. The molecule has 0 bridgehead atoms. The number of phenols is 1. The van der Waals surface area contributed by atoms with E-state index in [0.717, 1.165) is 34.9 Å². The molecule has 1 aliphatic heterocycles. The molecule has 0 fully saturated rings. The molecule has 132 valence electrons. The van der Waals surface area contributed by atoms with Crippen LogP contribution < -0.4 is 10.6 Å². The largest absolute Gasteiger partial charge is 0.506 e. The molecule has 0 radical (unpaired) electrons. The van der Waals surface area contributed by atoms with E-state index >= 15 is 0 Å². The van der Waals surface area contributed by atoms with Gasteiger partial charge >= 0.3 is 0 Å². The predicted molar refractivity (Wildman–Crippen MR) is 107 cm³/mol. The van der Waals surface area contributed by atoms with Gasteiger partial charge in [-0.2, -0.15) is 0 Å². The van der Waals surface area contributed by atoms with Gasteiger partial charge in [0, 0.05) is 4.88 Å². The number of fused-ring (bicyclic) bond motifs is 3. The van der Waals surface area contributed by atoms with E-state index in [2.05, 4.69) is 49.4 Å². The number of halogens is 2. The van der Waals surface area contributed by atoms with Gasteiger partial charge in [0.1, 0.15) is 16.9 Å². The number of hydrogen-bond donors (Lipinski definition) is 3. The summed E-state index contributed by atoms with van der Waals surface area (Å²) in [7, 11) is 0. The number of aromatic hydroxyl groups is 1. The standard InChI is InChI=1S/C18H18Br2N2O2S/c1-2-8-3-4-10-13(5-8)25-18-14(10)17(24)21-16(22-18)9-6-11(19)15(23)12(20)7-9/h6-8,16,22-23H,2-5H2,1H3,(H,21,24)/t8-,16+/m1/s1. The monoisotopic (exact) mass is 484 g/mol. The van der Waals surface area contributed by atoms with Crippen LogP contribution in [-0.2, 0) is 12.8 Å². The number of carbonyl (C=O) groups excluding carboxylic acids is 1. The van der Waals surface area contributed by atoms with Crippen LogP contribution in [0.4, 0.5) is 5.00 Å². The van der Waals surface area contributed by atoms with Gasteiger partial charge in [-0.3, -0.25) is 4.79 Å². The number of thiophene rings is 1. The van der Waals surface area contributed by atoms with E-state index in [0.29, 0.717) is 8.95 Å². The first-order valence-electron chi connectivity index (χ1n) is 8.37. The second kappa shape index (κ2) is 6.59. The first kappa shape index (κ1) is 17.4. The molecule has 0 saturated heterocycles. The minimum Gasteiger partial charge on any atom is -0.506 e. The Morgan fingerprint density at radius 2 is 2.00 bits per heavy atom. The lowest BCUT2D eigenvalue weighted by molar-refractivity contribution is 0.0935. The van der Waals surface area contributed by atoms with Crippen molar-refractivity contribution in [2.24, 2.45) is 5.92 Å². The lowest BCUT2D eigenvalue weighted by Crippen LogP contribution is -2.38. The first-order valence-corrected chi connectivity index (χ1v) is 10.8.